The van der Waals surface area contributed by atoms with Gasteiger partial charge in [0.1, 0.15) is 13.2 Å². The van der Waals surface area contributed by atoms with Gasteiger partial charge in [0.25, 0.3) is 5.91 Å². The molecule has 2 aromatic carbocycles. The van der Waals surface area contributed by atoms with Crippen molar-refractivity contribution in [3.63, 3.8) is 0 Å². The summed E-state index contributed by atoms with van der Waals surface area (Å²) in [6.07, 6.45) is 0.701. The molecule has 0 aromatic heterocycles. The fraction of sp³-hybridized carbons (Fsp3) is 0.448. The average molecular weight is 525 g/mol. The van der Waals surface area contributed by atoms with Crippen molar-refractivity contribution in [3.8, 4) is 23.0 Å². The van der Waals surface area contributed by atoms with Crippen LogP contribution in [-0.4, -0.2) is 69.7 Å². The van der Waals surface area contributed by atoms with Gasteiger partial charge < -0.3 is 33.9 Å². The van der Waals surface area contributed by atoms with Crippen LogP contribution in [0.25, 0.3) is 5.76 Å². The topological polar surface area (TPSA) is 102 Å². The molecule has 9 nitrogen and oxygen atoms in total. The van der Waals surface area contributed by atoms with Crippen molar-refractivity contribution in [3.05, 3.63) is 53.1 Å². The largest absolute Gasteiger partial charge is 0.872 e. The lowest BCUT2D eigenvalue weighted by Crippen LogP contribution is -3.11. The smallest absolute Gasteiger partial charge is 0.295 e. The molecule has 2 aromatic rings. The first kappa shape index (κ1) is 27.3. The maximum atomic E-state index is 13.8. The minimum absolute atomic E-state index is 0.0759. The van der Waals surface area contributed by atoms with E-state index >= 15 is 0 Å². The van der Waals surface area contributed by atoms with Crippen molar-refractivity contribution in [1.29, 1.82) is 0 Å². The number of quaternary nitrogens is 1. The summed E-state index contributed by atoms with van der Waals surface area (Å²) in [4.78, 5) is 29.6. The number of hydrogen-bond donors (Lipinski definition) is 1. The third kappa shape index (κ3) is 5.43. The van der Waals surface area contributed by atoms with E-state index in [1.165, 1.54) is 16.9 Å². The van der Waals surface area contributed by atoms with E-state index in [2.05, 4.69) is 13.8 Å². The Morgan fingerprint density at radius 3 is 2.45 bits per heavy atom. The standard InChI is InChI=1S/C29H36N2O7/c1-5-30(6-2)13-8-14-31-26(19-9-11-21(36-7-3)23(17-19)35-4)25(28(33)29(31)34)27(32)20-10-12-22-24(18-20)38-16-15-37-22/h9-12,17-18,26,32H,5-8,13-16H2,1-4H3. The van der Waals surface area contributed by atoms with Crippen LogP contribution in [0.15, 0.2) is 42.0 Å². The first-order valence-corrected chi connectivity index (χ1v) is 13.2. The van der Waals surface area contributed by atoms with Gasteiger partial charge in [0.15, 0.2) is 23.0 Å². The van der Waals surface area contributed by atoms with Crippen molar-refractivity contribution >= 4 is 17.4 Å². The number of nitrogens with zero attached hydrogens (tertiary/aromatic N) is 1. The molecule has 0 radical (unpaired) electrons. The van der Waals surface area contributed by atoms with Crippen molar-refractivity contribution in [2.75, 3.05) is 53.1 Å². The predicted octanol–water partition coefficient (Wildman–Crippen LogP) is 1.40. The zero-order valence-corrected chi connectivity index (χ0v) is 22.5. The van der Waals surface area contributed by atoms with E-state index in [-0.39, 0.29) is 11.1 Å². The maximum Gasteiger partial charge on any atom is 0.295 e. The van der Waals surface area contributed by atoms with Gasteiger partial charge in [-0.1, -0.05) is 17.9 Å². The van der Waals surface area contributed by atoms with E-state index in [1.807, 2.05) is 6.92 Å². The van der Waals surface area contributed by atoms with Crippen LogP contribution in [0.2, 0.25) is 0 Å². The summed E-state index contributed by atoms with van der Waals surface area (Å²) in [6, 6.07) is 9.25. The minimum atomic E-state index is -0.841. The van der Waals surface area contributed by atoms with Gasteiger partial charge in [-0.3, -0.25) is 9.59 Å². The molecule has 1 fully saturated rings. The lowest BCUT2D eigenvalue weighted by molar-refractivity contribution is -0.896. The first-order chi connectivity index (χ1) is 18.4. The SMILES string of the molecule is CCOc1ccc(C2C(=C([O-])c3ccc4c(c3)OCCO4)C(=O)C(=O)N2CCC[NH+](CC)CC)cc1OC. The molecule has 2 aliphatic rings. The number of fused-ring (bicyclic) bond motifs is 1. The number of ketones is 1. The van der Waals surface area contributed by atoms with Crippen LogP contribution in [-0.2, 0) is 9.59 Å². The fourth-order valence-electron chi connectivity index (χ4n) is 5.02. The zero-order chi connectivity index (χ0) is 27.2. The molecule has 1 unspecified atom stereocenters. The second-order valence-corrected chi connectivity index (χ2v) is 9.24. The number of Topliss-reactive ketones (excluding diaryl/α,β-unsaturated/α-hetero) is 1. The van der Waals surface area contributed by atoms with Crippen molar-refractivity contribution < 1.29 is 38.5 Å². The molecule has 2 aliphatic heterocycles. The molecule has 38 heavy (non-hydrogen) atoms. The molecule has 1 amide bonds. The number of nitrogens with one attached hydrogen (secondary N) is 1. The lowest BCUT2D eigenvalue weighted by atomic mass is 9.94. The summed E-state index contributed by atoms with van der Waals surface area (Å²) in [5.41, 5.74) is 0.802. The Morgan fingerprint density at radius 1 is 1.03 bits per heavy atom. The Morgan fingerprint density at radius 2 is 1.76 bits per heavy atom. The van der Waals surface area contributed by atoms with E-state index in [4.69, 9.17) is 18.9 Å². The summed E-state index contributed by atoms with van der Waals surface area (Å²) >= 11 is 0. The summed E-state index contributed by atoms with van der Waals surface area (Å²) in [6.45, 7) is 10.5. The second-order valence-electron chi connectivity index (χ2n) is 9.24. The third-order valence-electron chi connectivity index (χ3n) is 7.07. The molecule has 204 valence electrons. The van der Waals surface area contributed by atoms with E-state index in [0.29, 0.717) is 61.3 Å². The molecule has 0 spiro atoms. The second kappa shape index (κ2) is 12.2. The average Bonchev–Trinajstić information content (AvgIpc) is 3.20. The van der Waals surface area contributed by atoms with Gasteiger partial charge in [0.05, 0.1) is 39.4 Å². The van der Waals surface area contributed by atoms with Gasteiger partial charge >= 0.3 is 0 Å². The molecule has 0 bridgehead atoms. The third-order valence-corrected chi connectivity index (χ3v) is 7.07. The Kier molecular flexibility index (Phi) is 8.78. The maximum absolute atomic E-state index is 13.8. The normalized spacial score (nSPS) is 18.2. The molecule has 2 heterocycles. The number of ether oxygens (including phenoxy) is 4. The Bertz CT molecular complexity index is 1210. The molecular formula is C29H36N2O7. The monoisotopic (exact) mass is 524 g/mol. The quantitative estimate of drug-likeness (QED) is 0.269. The highest BCUT2D eigenvalue weighted by atomic mass is 16.6. The van der Waals surface area contributed by atoms with Crippen LogP contribution >= 0.6 is 0 Å². The van der Waals surface area contributed by atoms with E-state index in [1.54, 1.807) is 36.4 Å². The fourth-order valence-corrected chi connectivity index (χ4v) is 5.02. The van der Waals surface area contributed by atoms with Crippen LogP contribution in [0.5, 0.6) is 23.0 Å². The first-order valence-electron chi connectivity index (χ1n) is 13.2. The molecule has 1 saturated heterocycles. The summed E-state index contributed by atoms with van der Waals surface area (Å²) in [5, 5.41) is 13.8. The Labute approximate surface area is 223 Å². The zero-order valence-electron chi connectivity index (χ0n) is 22.5. The summed E-state index contributed by atoms with van der Waals surface area (Å²) < 4.78 is 22.4. The Balaban J connectivity index is 1.78. The van der Waals surface area contributed by atoms with Crippen molar-refractivity contribution in [2.45, 2.75) is 33.2 Å². The van der Waals surface area contributed by atoms with Crippen LogP contribution in [0.4, 0.5) is 0 Å². The van der Waals surface area contributed by atoms with Crippen LogP contribution in [0.3, 0.4) is 0 Å². The number of likely N-dealkylation sites (tertiary alicyclic amines) is 1. The van der Waals surface area contributed by atoms with Gasteiger partial charge in [0, 0.05) is 18.5 Å². The number of carbonyl (C=O) groups is 2. The summed E-state index contributed by atoms with van der Waals surface area (Å²) in [7, 11) is 1.53. The molecule has 1 atom stereocenters. The number of benzene rings is 2. The van der Waals surface area contributed by atoms with Crippen molar-refractivity contribution in [1.82, 2.24) is 4.90 Å². The van der Waals surface area contributed by atoms with Crippen LogP contribution in [0.1, 0.15) is 44.4 Å². The number of hydrogen-bond acceptors (Lipinski definition) is 7. The number of methoxy groups -OCH3 is 1. The van der Waals surface area contributed by atoms with E-state index in [9.17, 15) is 14.7 Å². The number of carbonyl (C=O) groups excluding carboxylic acids is 2. The van der Waals surface area contributed by atoms with Gasteiger partial charge in [-0.05, 0) is 56.2 Å². The van der Waals surface area contributed by atoms with Crippen molar-refractivity contribution in [2.24, 2.45) is 0 Å². The van der Waals surface area contributed by atoms with E-state index < -0.39 is 23.5 Å². The van der Waals surface area contributed by atoms with Gasteiger partial charge in [-0.25, -0.2) is 0 Å². The van der Waals surface area contributed by atoms with Gasteiger partial charge in [-0.15, -0.1) is 0 Å². The van der Waals surface area contributed by atoms with Crippen LogP contribution in [0, 0.1) is 0 Å². The number of rotatable bonds is 11. The van der Waals surface area contributed by atoms with E-state index in [0.717, 1.165) is 19.6 Å². The molecule has 4 rings (SSSR count). The molecular weight excluding hydrogens is 488 g/mol. The highest BCUT2D eigenvalue weighted by Crippen LogP contribution is 2.42. The molecule has 9 heteroatoms. The molecule has 1 N–H and O–H groups in total. The molecule has 0 saturated carbocycles. The highest BCUT2D eigenvalue weighted by Gasteiger charge is 2.44. The number of amides is 1. The predicted molar refractivity (Wildman–Crippen MR) is 140 cm³/mol. The van der Waals surface area contributed by atoms with Crippen LogP contribution < -0.4 is 29.0 Å². The Hall–Kier alpha value is -3.72. The van der Waals surface area contributed by atoms with Gasteiger partial charge in [-0.2, -0.15) is 0 Å². The van der Waals surface area contributed by atoms with Gasteiger partial charge in [0.2, 0.25) is 5.78 Å². The molecule has 0 aliphatic carbocycles. The minimum Gasteiger partial charge on any atom is -0.872 e. The summed E-state index contributed by atoms with van der Waals surface area (Å²) in [5.74, 6) is 0.0460. The highest BCUT2D eigenvalue weighted by molar-refractivity contribution is 6.46. The lowest BCUT2D eigenvalue weighted by Gasteiger charge is -2.29.